The van der Waals surface area contributed by atoms with Gasteiger partial charge in [-0.25, -0.2) is 4.98 Å². The second-order valence-corrected chi connectivity index (χ2v) is 7.31. The smallest absolute Gasteiger partial charge is 0.416 e. The first kappa shape index (κ1) is 22.9. The molecule has 0 aliphatic heterocycles. The van der Waals surface area contributed by atoms with E-state index < -0.39 is 17.6 Å². The molecule has 4 rings (SSSR count). The second-order valence-electron chi connectivity index (χ2n) is 7.31. The number of halogens is 3. The van der Waals surface area contributed by atoms with Gasteiger partial charge in [0.05, 0.1) is 36.5 Å². The summed E-state index contributed by atoms with van der Waals surface area (Å²) in [6.45, 7) is 0. The Hall–Kier alpha value is -4.27. The van der Waals surface area contributed by atoms with Crippen LogP contribution in [0.25, 0.3) is 22.8 Å². The number of imidazole rings is 1. The van der Waals surface area contributed by atoms with Gasteiger partial charge < -0.3 is 19.8 Å². The van der Waals surface area contributed by atoms with Crippen LogP contribution in [-0.2, 0) is 6.18 Å². The average Bonchev–Trinajstić information content (AvgIpc) is 3.27. The number of amides is 1. The molecule has 0 spiro atoms. The molecule has 2 N–H and O–H groups in total. The van der Waals surface area contributed by atoms with E-state index in [4.69, 9.17) is 9.47 Å². The Kier molecular flexibility index (Phi) is 6.27. The Morgan fingerprint density at radius 2 is 1.71 bits per heavy atom. The molecule has 174 valence electrons. The van der Waals surface area contributed by atoms with E-state index in [1.807, 2.05) is 0 Å². The normalized spacial score (nSPS) is 12.0. The van der Waals surface area contributed by atoms with Crippen molar-refractivity contribution >= 4 is 28.7 Å². The van der Waals surface area contributed by atoms with E-state index >= 15 is 0 Å². The number of rotatable bonds is 6. The number of carbonyl (C=O) groups is 1. The summed E-state index contributed by atoms with van der Waals surface area (Å²) in [5.74, 6) is 0.805. The molecule has 1 heterocycles. The number of methoxy groups -OCH3 is 2. The highest BCUT2D eigenvalue weighted by Crippen LogP contribution is 2.32. The van der Waals surface area contributed by atoms with Crippen molar-refractivity contribution in [1.82, 2.24) is 15.3 Å². The van der Waals surface area contributed by atoms with Crippen LogP contribution >= 0.6 is 0 Å². The zero-order chi connectivity index (χ0) is 24.3. The lowest BCUT2D eigenvalue weighted by molar-refractivity contribution is -0.137. The van der Waals surface area contributed by atoms with Crippen molar-refractivity contribution in [1.29, 1.82) is 0 Å². The maximum absolute atomic E-state index is 13.1. The summed E-state index contributed by atoms with van der Waals surface area (Å²) in [5.41, 5.74) is 1.06. The Bertz CT molecular complexity index is 1360. The average molecular weight is 467 g/mol. The van der Waals surface area contributed by atoms with Crippen molar-refractivity contribution in [3.8, 4) is 11.5 Å². The van der Waals surface area contributed by atoms with Crippen molar-refractivity contribution in [3.05, 3.63) is 89.2 Å². The number of nitrogens with one attached hydrogen (secondary N) is 2. The van der Waals surface area contributed by atoms with E-state index in [-0.39, 0.29) is 17.0 Å². The van der Waals surface area contributed by atoms with E-state index in [9.17, 15) is 18.0 Å². The lowest BCUT2D eigenvalue weighted by Gasteiger charge is -2.10. The topological polar surface area (TPSA) is 76.2 Å². The number of carbonyl (C=O) groups excluding carboxylic acids is 1. The molecule has 0 bridgehead atoms. The van der Waals surface area contributed by atoms with Crippen LogP contribution in [0.1, 0.15) is 27.3 Å². The van der Waals surface area contributed by atoms with Crippen molar-refractivity contribution in [2.75, 3.05) is 14.2 Å². The van der Waals surface area contributed by atoms with Gasteiger partial charge in [0.1, 0.15) is 0 Å². The molecular weight excluding hydrogens is 447 g/mol. The van der Waals surface area contributed by atoms with Crippen LogP contribution in [0.3, 0.4) is 0 Å². The number of ether oxygens (including phenoxy) is 2. The van der Waals surface area contributed by atoms with Gasteiger partial charge in [-0.3, -0.25) is 4.79 Å². The lowest BCUT2D eigenvalue weighted by atomic mass is 10.1. The van der Waals surface area contributed by atoms with Crippen LogP contribution in [0.15, 0.2) is 66.7 Å². The molecule has 0 fully saturated rings. The second kappa shape index (κ2) is 9.30. The molecule has 0 aliphatic rings. The highest BCUT2D eigenvalue weighted by atomic mass is 19.4. The standard InChI is InChI=1S/C25H20F3N3O3/c1-33-21-11-8-15(13-22(21)34-2)12-20(31-24(32)16-6-4-3-5-7-16)23-29-18-10-9-17(25(26,27)28)14-19(18)30-23/h3-14H,1-2H3,(H,29,30)(H,31,32). The molecule has 3 aromatic carbocycles. The van der Waals surface area contributed by atoms with E-state index in [0.29, 0.717) is 28.1 Å². The quantitative estimate of drug-likeness (QED) is 0.391. The van der Waals surface area contributed by atoms with Gasteiger partial charge >= 0.3 is 6.18 Å². The Morgan fingerprint density at radius 1 is 0.971 bits per heavy atom. The minimum atomic E-state index is -4.49. The molecule has 34 heavy (non-hydrogen) atoms. The predicted molar refractivity (Wildman–Crippen MR) is 122 cm³/mol. The molecule has 0 unspecified atom stereocenters. The molecule has 0 saturated heterocycles. The number of hydrogen-bond donors (Lipinski definition) is 2. The molecular formula is C25H20F3N3O3. The number of hydrogen-bond acceptors (Lipinski definition) is 4. The monoisotopic (exact) mass is 467 g/mol. The number of benzene rings is 3. The Morgan fingerprint density at radius 3 is 2.38 bits per heavy atom. The largest absolute Gasteiger partial charge is 0.493 e. The molecule has 6 nitrogen and oxygen atoms in total. The maximum Gasteiger partial charge on any atom is 0.416 e. The number of aromatic amines is 1. The molecule has 1 amide bonds. The number of alkyl halides is 3. The first-order valence-corrected chi connectivity index (χ1v) is 10.2. The molecule has 0 atom stereocenters. The van der Waals surface area contributed by atoms with Gasteiger partial charge in [-0.1, -0.05) is 24.3 Å². The summed E-state index contributed by atoms with van der Waals surface area (Å²) >= 11 is 0. The summed E-state index contributed by atoms with van der Waals surface area (Å²) in [6, 6.07) is 16.9. The third kappa shape index (κ3) is 4.88. The summed E-state index contributed by atoms with van der Waals surface area (Å²) in [4.78, 5) is 20.1. The lowest BCUT2D eigenvalue weighted by Crippen LogP contribution is -2.22. The minimum absolute atomic E-state index is 0.192. The van der Waals surface area contributed by atoms with Crippen molar-refractivity contribution < 1.29 is 27.4 Å². The van der Waals surface area contributed by atoms with Crippen molar-refractivity contribution in [3.63, 3.8) is 0 Å². The molecule has 0 saturated carbocycles. The molecule has 0 radical (unpaired) electrons. The fraction of sp³-hybridized carbons (Fsp3) is 0.120. The van der Waals surface area contributed by atoms with Crippen LogP contribution in [0.4, 0.5) is 13.2 Å². The van der Waals surface area contributed by atoms with Gasteiger partial charge in [0, 0.05) is 5.56 Å². The highest BCUT2D eigenvalue weighted by Gasteiger charge is 2.30. The number of H-pyrrole nitrogens is 1. The predicted octanol–water partition coefficient (Wildman–Crippen LogP) is 5.53. The molecule has 1 aromatic heterocycles. The Labute approximate surface area is 193 Å². The SMILES string of the molecule is COc1ccc(C=C(NC(=O)c2ccccc2)c2nc3ccc(C(F)(F)F)cc3[nH]2)cc1OC. The number of nitrogens with zero attached hydrogens (tertiary/aromatic N) is 1. The van der Waals surface area contributed by atoms with Gasteiger partial charge in [0.15, 0.2) is 17.3 Å². The van der Waals surface area contributed by atoms with Crippen molar-refractivity contribution in [2.24, 2.45) is 0 Å². The van der Waals surface area contributed by atoms with Crippen LogP contribution in [0.5, 0.6) is 11.5 Å². The zero-order valence-corrected chi connectivity index (χ0v) is 18.2. The van der Waals surface area contributed by atoms with Crippen LogP contribution in [0.2, 0.25) is 0 Å². The first-order valence-electron chi connectivity index (χ1n) is 10.2. The van der Waals surface area contributed by atoms with E-state index in [2.05, 4.69) is 15.3 Å². The van der Waals surface area contributed by atoms with Gasteiger partial charge in [0.2, 0.25) is 0 Å². The van der Waals surface area contributed by atoms with Gasteiger partial charge in [-0.15, -0.1) is 0 Å². The highest BCUT2D eigenvalue weighted by molar-refractivity contribution is 6.01. The number of fused-ring (bicyclic) bond motifs is 1. The maximum atomic E-state index is 13.1. The number of aromatic nitrogens is 2. The van der Waals surface area contributed by atoms with E-state index in [1.54, 1.807) is 54.6 Å². The van der Waals surface area contributed by atoms with Crippen molar-refractivity contribution in [2.45, 2.75) is 6.18 Å². The van der Waals surface area contributed by atoms with Crippen LogP contribution in [-0.4, -0.2) is 30.1 Å². The third-order valence-corrected chi connectivity index (χ3v) is 5.07. The summed E-state index contributed by atoms with van der Waals surface area (Å²) in [5, 5.41) is 2.80. The van der Waals surface area contributed by atoms with E-state index in [1.165, 1.54) is 20.3 Å². The Balaban J connectivity index is 1.79. The fourth-order valence-electron chi connectivity index (χ4n) is 3.37. The third-order valence-electron chi connectivity index (χ3n) is 5.07. The van der Waals surface area contributed by atoms with Gasteiger partial charge in [0.25, 0.3) is 5.91 Å². The summed E-state index contributed by atoms with van der Waals surface area (Å²) < 4.78 is 50.0. The van der Waals surface area contributed by atoms with E-state index in [0.717, 1.165) is 12.1 Å². The summed E-state index contributed by atoms with van der Waals surface area (Å²) in [6.07, 6.45) is -2.84. The minimum Gasteiger partial charge on any atom is -0.493 e. The fourth-order valence-corrected chi connectivity index (χ4v) is 3.37. The summed E-state index contributed by atoms with van der Waals surface area (Å²) in [7, 11) is 3.02. The van der Waals surface area contributed by atoms with Gasteiger partial charge in [-0.2, -0.15) is 13.2 Å². The first-order chi connectivity index (χ1) is 16.3. The van der Waals surface area contributed by atoms with Crippen LogP contribution < -0.4 is 14.8 Å². The van der Waals surface area contributed by atoms with Crippen LogP contribution in [0, 0.1) is 0 Å². The van der Waals surface area contributed by atoms with Gasteiger partial charge in [-0.05, 0) is 54.1 Å². The molecule has 0 aliphatic carbocycles. The molecule has 4 aromatic rings. The molecule has 9 heteroatoms. The zero-order valence-electron chi connectivity index (χ0n) is 18.2.